The van der Waals surface area contributed by atoms with Crippen molar-refractivity contribution in [2.75, 3.05) is 0 Å². The van der Waals surface area contributed by atoms with Crippen molar-refractivity contribution in [2.45, 2.75) is 32.1 Å². The van der Waals surface area contributed by atoms with Crippen LogP contribution in [0.25, 0.3) is 0 Å². The van der Waals surface area contributed by atoms with Crippen LogP contribution in [0.3, 0.4) is 0 Å². The van der Waals surface area contributed by atoms with Gasteiger partial charge in [0.15, 0.2) is 0 Å². The molecule has 0 heterocycles. The summed E-state index contributed by atoms with van der Waals surface area (Å²) in [6.07, 6.45) is 4.40. The zero-order valence-electron chi connectivity index (χ0n) is 10.3. The highest BCUT2D eigenvalue weighted by atomic mass is 16.5. The molecule has 0 saturated carbocycles. The highest BCUT2D eigenvalue weighted by molar-refractivity contribution is 5.68. The second kappa shape index (κ2) is 7.36. The number of carbonyl (C=O) groups is 1. The van der Waals surface area contributed by atoms with Gasteiger partial charge >= 0.3 is 6.09 Å². The normalized spacial score (nSPS) is 13.2. The topological polar surface area (TPSA) is 58.6 Å². The molecule has 0 aromatic heterocycles. The molecule has 1 aromatic rings. The van der Waals surface area contributed by atoms with Gasteiger partial charge in [-0.2, -0.15) is 0 Å². The molecule has 2 atom stereocenters. The first kappa shape index (κ1) is 14.1. The molecular formula is C14H17NO3. The van der Waals surface area contributed by atoms with Crippen molar-refractivity contribution < 1.29 is 14.6 Å². The van der Waals surface area contributed by atoms with Gasteiger partial charge in [-0.15, -0.1) is 6.42 Å². The van der Waals surface area contributed by atoms with E-state index in [1.165, 1.54) is 0 Å². The lowest BCUT2D eigenvalue weighted by molar-refractivity contribution is 0.131. The van der Waals surface area contributed by atoms with Crippen LogP contribution in [0.1, 0.15) is 18.9 Å². The summed E-state index contributed by atoms with van der Waals surface area (Å²) in [4.78, 5) is 11.5. The van der Waals surface area contributed by atoms with Gasteiger partial charge < -0.3 is 15.2 Å². The van der Waals surface area contributed by atoms with Gasteiger partial charge in [0.25, 0.3) is 0 Å². The standard InChI is InChI=1S/C14H17NO3/c1-3-13(9-11(2)16)15-14(17)18-10-12-7-5-4-6-8-12/h1,4-8,11,13,16H,9-10H2,2H3,(H,15,17)/t11-,13-/m0/s1. The molecule has 0 aliphatic rings. The van der Waals surface area contributed by atoms with Gasteiger partial charge in [0, 0.05) is 6.42 Å². The molecule has 0 radical (unpaired) electrons. The van der Waals surface area contributed by atoms with E-state index >= 15 is 0 Å². The summed E-state index contributed by atoms with van der Waals surface area (Å²) in [7, 11) is 0. The number of amides is 1. The summed E-state index contributed by atoms with van der Waals surface area (Å²) in [6.45, 7) is 1.81. The molecule has 0 aliphatic carbocycles. The average molecular weight is 247 g/mol. The van der Waals surface area contributed by atoms with E-state index in [0.29, 0.717) is 6.42 Å². The quantitative estimate of drug-likeness (QED) is 0.778. The number of ether oxygens (including phenoxy) is 1. The fourth-order valence-corrected chi connectivity index (χ4v) is 1.42. The molecule has 18 heavy (non-hydrogen) atoms. The molecule has 0 spiro atoms. The number of benzene rings is 1. The Hall–Kier alpha value is -1.99. The van der Waals surface area contributed by atoms with Crippen LogP contribution in [0, 0.1) is 12.3 Å². The van der Waals surface area contributed by atoms with E-state index in [1.54, 1.807) is 6.92 Å². The van der Waals surface area contributed by atoms with Crippen LogP contribution in [-0.2, 0) is 11.3 Å². The Balaban J connectivity index is 2.35. The summed E-state index contributed by atoms with van der Waals surface area (Å²) in [5.41, 5.74) is 0.903. The molecular weight excluding hydrogens is 230 g/mol. The van der Waals surface area contributed by atoms with Gasteiger partial charge in [-0.25, -0.2) is 4.79 Å². The molecule has 96 valence electrons. The maximum atomic E-state index is 11.5. The SMILES string of the molecule is C#C[C@@H](C[C@H](C)O)NC(=O)OCc1ccccc1. The van der Waals surface area contributed by atoms with Crippen LogP contribution in [0.2, 0.25) is 0 Å². The monoisotopic (exact) mass is 247 g/mol. The minimum atomic E-state index is -0.581. The van der Waals surface area contributed by atoms with Crippen molar-refractivity contribution in [3.63, 3.8) is 0 Å². The van der Waals surface area contributed by atoms with Crippen LogP contribution in [0.5, 0.6) is 0 Å². The first-order valence-corrected chi connectivity index (χ1v) is 5.73. The van der Waals surface area contributed by atoms with E-state index in [1.807, 2.05) is 30.3 Å². The van der Waals surface area contributed by atoms with Crippen molar-refractivity contribution in [1.82, 2.24) is 5.32 Å². The van der Waals surface area contributed by atoms with Crippen molar-refractivity contribution in [2.24, 2.45) is 0 Å². The number of terminal acetylenes is 1. The summed E-state index contributed by atoms with van der Waals surface area (Å²) in [6, 6.07) is 8.83. The van der Waals surface area contributed by atoms with E-state index in [4.69, 9.17) is 11.2 Å². The number of carbonyl (C=O) groups excluding carboxylic acids is 1. The van der Waals surface area contributed by atoms with Crippen LogP contribution < -0.4 is 5.32 Å². The Morgan fingerprint density at radius 3 is 2.72 bits per heavy atom. The molecule has 1 rings (SSSR count). The summed E-state index contributed by atoms with van der Waals surface area (Å²) in [5.74, 6) is 2.39. The third kappa shape index (κ3) is 5.37. The first-order chi connectivity index (χ1) is 8.61. The molecule has 2 N–H and O–H groups in total. The predicted octanol–water partition coefficient (Wildman–Crippen LogP) is 1.69. The second-order valence-corrected chi connectivity index (χ2v) is 4.01. The third-order valence-electron chi connectivity index (χ3n) is 2.28. The Kier molecular flexibility index (Phi) is 5.75. The Bertz CT molecular complexity index is 409. The maximum absolute atomic E-state index is 11.5. The number of nitrogens with one attached hydrogen (secondary N) is 1. The van der Waals surface area contributed by atoms with E-state index < -0.39 is 18.2 Å². The average Bonchev–Trinajstić information content (AvgIpc) is 2.36. The van der Waals surface area contributed by atoms with Crippen LogP contribution in [-0.4, -0.2) is 23.3 Å². The predicted molar refractivity (Wildman–Crippen MR) is 68.7 cm³/mol. The first-order valence-electron chi connectivity index (χ1n) is 5.73. The van der Waals surface area contributed by atoms with Gasteiger partial charge in [0.1, 0.15) is 6.61 Å². The Morgan fingerprint density at radius 2 is 2.17 bits per heavy atom. The number of alkyl carbamates (subject to hydrolysis) is 1. The van der Waals surface area contributed by atoms with Gasteiger partial charge in [0.2, 0.25) is 0 Å². The fourth-order valence-electron chi connectivity index (χ4n) is 1.42. The van der Waals surface area contributed by atoms with E-state index in [0.717, 1.165) is 5.56 Å². The van der Waals surface area contributed by atoms with Gasteiger partial charge in [0.05, 0.1) is 12.1 Å². The smallest absolute Gasteiger partial charge is 0.408 e. The van der Waals surface area contributed by atoms with Gasteiger partial charge in [-0.05, 0) is 12.5 Å². The van der Waals surface area contributed by atoms with E-state index in [9.17, 15) is 9.90 Å². The van der Waals surface area contributed by atoms with Crippen molar-refractivity contribution in [3.8, 4) is 12.3 Å². The second-order valence-electron chi connectivity index (χ2n) is 4.01. The molecule has 1 aromatic carbocycles. The fraction of sp³-hybridized carbons (Fsp3) is 0.357. The largest absolute Gasteiger partial charge is 0.445 e. The zero-order chi connectivity index (χ0) is 13.4. The number of rotatable bonds is 5. The van der Waals surface area contributed by atoms with Crippen LogP contribution in [0.4, 0.5) is 4.79 Å². The highest BCUT2D eigenvalue weighted by Crippen LogP contribution is 2.02. The van der Waals surface area contributed by atoms with Gasteiger partial charge in [-0.1, -0.05) is 36.3 Å². The molecule has 0 fully saturated rings. The van der Waals surface area contributed by atoms with Crippen molar-refractivity contribution >= 4 is 6.09 Å². The lowest BCUT2D eigenvalue weighted by atomic mass is 10.1. The molecule has 4 nitrogen and oxygen atoms in total. The van der Waals surface area contributed by atoms with Crippen LogP contribution >= 0.6 is 0 Å². The van der Waals surface area contributed by atoms with Crippen LogP contribution in [0.15, 0.2) is 30.3 Å². The Labute approximate surface area is 107 Å². The number of aliphatic hydroxyl groups excluding tert-OH is 1. The molecule has 4 heteroatoms. The molecule has 1 amide bonds. The number of aliphatic hydroxyl groups is 1. The minimum Gasteiger partial charge on any atom is -0.445 e. The molecule has 0 saturated heterocycles. The zero-order valence-corrected chi connectivity index (χ0v) is 10.3. The molecule has 0 unspecified atom stereocenters. The summed E-state index contributed by atoms with van der Waals surface area (Å²) >= 11 is 0. The highest BCUT2D eigenvalue weighted by Gasteiger charge is 2.12. The third-order valence-corrected chi connectivity index (χ3v) is 2.28. The minimum absolute atomic E-state index is 0.193. The van der Waals surface area contributed by atoms with E-state index in [2.05, 4.69) is 11.2 Å². The summed E-state index contributed by atoms with van der Waals surface area (Å²) < 4.78 is 5.01. The van der Waals surface area contributed by atoms with Crippen molar-refractivity contribution in [1.29, 1.82) is 0 Å². The molecule has 0 aliphatic heterocycles. The lowest BCUT2D eigenvalue weighted by Gasteiger charge is -2.14. The lowest BCUT2D eigenvalue weighted by Crippen LogP contribution is -2.36. The van der Waals surface area contributed by atoms with Gasteiger partial charge in [-0.3, -0.25) is 0 Å². The number of hydrogen-bond donors (Lipinski definition) is 2. The number of hydrogen-bond acceptors (Lipinski definition) is 3. The van der Waals surface area contributed by atoms with Crippen molar-refractivity contribution in [3.05, 3.63) is 35.9 Å². The molecule has 0 bridgehead atoms. The summed E-state index contributed by atoms with van der Waals surface area (Å²) in [5, 5.41) is 11.7. The van der Waals surface area contributed by atoms with E-state index in [-0.39, 0.29) is 6.61 Å². The maximum Gasteiger partial charge on any atom is 0.408 e. The Morgan fingerprint density at radius 1 is 1.50 bits per heavy atom.